The van der Waals surface area contributed by atoms with Gasteiger partial charge in [0.1, 0.15) is 0 Å². The molecule has 0 spiro atoms. The lowest BCUT2D eigenvalue weighted by atomic mass is 10.2. The highest BCUT2D eigenvalue weighted by Crippen LogP contribution is 2.51. The number of nitro groups is 1. The molecule has 0 saturated heterocycles. The monoisotopic (exact) mass is 287 g/mol. The number of hydrogen-bond donors (Lipinski definition) is 0. The van der Waals surface area contributed by atoms with Crippen molar-refractivity contribution in [1.82, 2.24) is 0 Å². The number of non-ortho nitro benzene ring substituents is 1. The van der Waals surface area contributed by atoms with E-state index in [0.717, 1.165) is 6.07 Å². The number of hydrogen-bond acceptors (Lipinski definition) is 6. The van der Waals surface area contributed by atoms with Gasteiger partial charge in [0.15, 0.2) is 0 Å². The van der Waals surface area contributed by atoms with Gasteiger partial charge in [0.2, 0.25) is 0 Å². The van der Waals surface area contributed by atoms with E-state index in [1.54, 1.807) is 13.8 Å². The van der Waals surface area contributed by atoms with Crippen LogP contribution in [0.4, 0.5) is 5.69 Å². The van der Waals surface area contributed by atoms with Crippen molar-refractivity contribution in [1.29, 1.82) is 0 Å². The maximum absolute atomic E-state index is 12.2. The van der Waals surface area contributed by atoms with E-state index >= 15 is 0 Å². The Labute approximate surface area is 110 Å². The van der Waals surface area contributed by atoms with E-state index in [1.165, 1.54) is 18.2 Å². The van der Waals surface area contributed by atoms with Gasteiger partial charge >= 0.3 is 7.60 Å². The fraction of sp³-hybridized carbons (Fsp3) is 0.364. The van der Waals surface area contributed by atoms with Gasteiger partial charge in [-0.1, -0.05) is 12.1 Å². The third-order valence-corrected chi connectivity index (χ3v) is 4.10. The van der Waals surface area contributed by atoms with Gasteiger partial charge in [-0.2, -0.15) is 0 Å². The lowest BCUT2D eigenvalue weighted by Gasteiger charge is -2.15. The first-order valence-electron chi connectivity index (χ1n) is 5.63. The van der Waals surface area contributed by atoms with Crippen LogP contribution in [0, 0.1) is 10.1 Å². The molecule has 1 rings (SSSR count). The minimum atomic E-state index is -3.94. The molecule has 0 aromatic heterocycles. The van der Waals surface area contributed by atoms with E-state index in [2.05, 4.69) is 0 Å². The summed E-state index contributed by atoms with van der Waals surface area (Å²) in [4.78, 5) is 22.1. The van der Waals surface area contributed by atoms with Crippen molar-refractivity contribution >= 4 is 18.8 Å². The van der Waals surface area contributed by atoms with Gasteiger partial charge in [0, 0.05) is 17.7 Å². The van der Waals surface area contributed by atoms with Gasteiger partial charge < -0.3 is 9.05 Å². The van der Waals surface area contributed by atoms with Gasteiger partial charge in [-0.25, -0.2) is 0 Å². The van der Waals surface area contributed by atoms with Crippen molar-refractivity contribution in [3.8, 4) is 0 Å². The first-order valence-corrected chi connectivity index (χ1v) is 7.17. The van der Waals surface area contributed by atoms with Crippen LogP contribution >= 0.6 is 7.60 Å². The Hall–Kier alpha value is -1.56. The molecular weight excluding hydrogens is 273 g/mol. The second-order valence-corrected chi connectivity index (χ2v) is 5.36. The van der Waals surface area contributed by atoms with Crippen molar-refractivity contribution in [2.45, 2.75) is 13.8 Å². The molecule has 0 fully saturated rings. The Balaban J connectivity index is 3.13. The lowest BCUT2D eigenvalue weighted by Crippen LogP contribution is -2.08. The summed E-state index contributed by atoms with van der Waals surface area (Å²) in [6.07, 6.45) is 0. The average Bonchev–Trinajstić information content (AvgIpc) is 2.38. The number of carbonyl (C=O) groups excluding carboxylic acids is 1. The number of rotatable bonds is 7. The molecule has 104 valence electrons. The van der Waals surface area contributed by atoms with E-state index in [4.69, 9.17) is 9.05 Å². The minimum absolute atomic E-state index is 0.0396. The Morgan fingerprint density at radius 2 is 1.89 bits per heavy atom. The molecule has 0 atom stereocenters. The van der Waals surface area contributed by atoms with Gasteiger partial charge in [0.05, 0.1) is 18.1 Å². The standard InChI is InChI=1S/C11H14NO6P/c1-3-17-19(16,18-4-2)11(13)9-6-5-7-10(8-9)12(14)15/h5-8H,3-4H2,1-2H3. The normalized spacial score (nSPS) is 11.3. The van der Waals surface area contributed by atoms with Crippen LogP contribution in [0.5, 0.6) is 0 Å². The van der Waals surface area contributed by atoms with Crippen LogP contribution in [0.1, 0.15) is 24.2 Å². The van der Waals surface area contributed by atoms with Crippen LogP contribution in [-0.4, -0.2) is 23.7 Å². The molecule has 7 nitrogen and oxygen atoms in total. The topological polar surface area (TPSA) is 95.7 Å². The Kier molecular flexibility index (Phi) is 5.35. The van der Waals surface area contributed by atoms with Crippen LogP contribution < -0.4 is 0 Å². The summed E-state index contributed by atoms with van der Waals surface area (Å²) in [5.74, 6) is 0. The SMILES string of the molecule is CCOP(=O)(OCC)C(=O)c1cccc([N+](=O)[O-])c1. The Morgan fingerprint density at radius 3 is 2.37 bits per heavy atom. The molecule has 0 saturated carbocycles. The second kappa shape index (κ2) is 6.56. The predicted molar refractivity (Wildman–Crippen MR) is 68.3 cm³/mol. The van der Waals surface area contributed by atoms with E-state index in [1.807, 2.05) is 0 Å². The van der Waals surface area contributed by atoms with Crippen LogP contribution in [0.25, 0.3) is 0 Å². The molecule has 0 radical (unpaired) electrons. The Morgan fingerprint density at radius 1 is 1.32 bits per heavy atom. The number of nitro benzene ring substituents is 1. The molecule has 8 heteroatoms. The van der Waals surface area contributed by atoms with E-state index in [-0.39, 0.29) is 24.5 Å². The molecule has 0 heterocycles. The number of nitrogens with zero attached hydrogens (tertiary/aromatic N) is 1. The van der Waals surface area contributed by atoms with E-state index in [0.29, 0.717) is 0 Å². The fourth-order valence-electron chi connectivity index (χ4n) is 1.41. The summed E-state index contributed by atoms with van der Waals surface area (Å²) < 4.78 is 22.0. The summed E-state index contributed by atoms with van der Waals surface area (Å²) in [6, 6.07) is 4.96. The summed E-state index contributed by atoms with van der Waals surface area (Å²) in [6.45, 7) is 3.23. The zero-order valence-electron chi connectivity index (χ0n) is 10.6. The molecule has 0 aliphatic heterocycles. The summed E-state index contributed by atoms with van der Waals surface area (Å²) in [7, 11) is -3.94. The highest BCUT2D eigenvalue weighted by molar-refractivity contribution is 7.72. The zero-order valence-corrected chi connectivity index (χ0v) is 11.5. The first-order chi connectivity index (χ1) is 8.94. The number of carbonyl (C=O) groups is 1. The van der Waals surface area contributed by atoms with Crippen LogP contribution in [-0.2, 0) is 13.6 Å². The molecule has 1 aromatic rings. The maximum atomic E-state index is 12.2. The molecule has 0 unspecified atom stereocenters. The molecule has 0 amide bonds. The fourth-order valence-corrected chi connectivity index (χ4v) is 2.85. The van der Waals surface area contributed by atoms with Crippen LogP contribution in [0.15, 0.2) is 24.3 Å². The quantitative estimate of drug-likeness (QED) is 0.434. The van der Waals surface area contributed by atoms with Crippen molar-refractivity contribution in [3.63, 3.8) is 0 Å². The van der Waals surface area contributed by atoms with Crippen LogP contribution in [0.3, 0.4) is 0 Å². The third-order valence-electron chi connectivity index (χ3n) is 2.15. The molecular formula is C11H14NO6P. The second-order valence-electron chi connectivity index (χ2n) is 3.45. The van der Waals surface area contributed by atoms with E-state index in [9.17, 15) is 19.5 Å². The van der Waals surface area contributed by atoms with Gasteiger partial charge in [-0.05, 0) is 13.8 Å². The predicted octanol–water partition coefficient (Wildman–Crippen LogP) is 3.00. The van der Waals surface area contributed by atoms with Gasteiger partial charge in [-0.3, -0.25) is 19.5 Å². The average molecular weight is 287 g/mol. The van der Waals surface area contributed by atoms with Gasteiger partial charge in [-0.15, -0.1) is 0 Å². The summed E-state index contributed by atoms with van der Waals surface area (Å²) in [5, 5.41) is 10.6. The molecule has 19 heavy (non-hydrogen) atoms. The molecule has 0 aliphatic carbocycles. The van der Waals surface area contributed by atoms with Crippen molar-refractivity contribution < 1.29 is 23.3 Å². The highest BCUT2D eigenvalue weighted by atomic mass is 31.2. The maximum Gasteiger partial charge on any atom is 0.401 e. The summed E-state index contributed by atoms with van der Waals surface area (Å²) >= 11 is 0. The molecule has 1 aromatic carbocycles. The largest absolute Gasteiger partial charge is 0.401 e. The molecule has 0 N–H and O–H groups in total. The number of benzene rings is 1. The van der Waals surface area contributed by atoms with Crippen molar-refractivity contribution in [2.24, 2.45) is 0 Å². The minimum Gasteiger partial charge on any atom is -0.303 e. The zero-order chi connectivity index (χ0) is 14.5. The first kappa shape index (κ1) is 15.5. The molecule has 0 aliphatic rings. The third kappa shape index (κ3) is 3.70. The Bertz CT molecular complexity index is 520. The van der Waals surface area contributed by atoms with E-state index < -0.39 is 18.0 Å². The smallest absolute Gasteiger partial charge is 0.303 e. The van der Waals surface area contributed by atoms with Gasteiger partial charge in [0.25, 0.3) is 11.2 Å². The van der Waals surface area contributed by atoms with Crippen molar-refractivity contribution in [3.05, 3.63) is 39.9 Å². The van der Waals surface area contributed by atoms with Crippen molar-refractivity contribution in [2.75, 3.05) is 13.2 Å². The highest BCUT2D eigenvalue weighted by Gasteiger charge is 2.35. The lowest BCUT2D eigenvalue weighted by molar-refractivity contribution is -0.384. The summed E-state index contributed by atoms with van der Waals surface area (Å²) in [5.41, 5.74) is -1.20. The molecule has 0 bridgehead atoms. The van der Waals surface area contributed by atoms with Crippen LogP contribution in [0.2, 0.25) is 0 Å².